The van der Waals surface area contributed by atoms with Crippen molar-refractivity contribution in [2.24, 2.45) is 0 Å². The summed E-state index contributed by atoms with van der Waals surface area (Å²) in [6.45, 7) is 5.19. The van der Waals surface area contributed by atoms with Crippen molar-refractivity contribution < 1.29 is 9.47 Å². The second kappa shape index (κ2) is 4.92. The first kappa shape index (κ1) is 13.1. The highest BCUT2D eigenvalue weighted by Gasteiger charge is 2.40. The summed E-state index contributed by atoms with van der Waals surface area (Å²) < 4.78 is 12.5. The summed E-state index contributed by atoms with van der Waals surface area (Å²) in [7, 11) is 0. The van der Waals surface area contributed by atoms with Gasteiger partial charge in [-0.25, -0.2) is 4.98 Å². The maximum Gasteiger partial charge on any atom is 0.171 e. The van der Waals surface area contributed by atoms with E-state index in [1.165, 1.54) is 0 Å². The van der Waals surface area contributed by atoms with Gasteiger partial charge < -0.3 is 20.1 Å². The van der Waals surface area contributed by atoms with Crippen molar-refractivity contribution in [2.75, 3.05) is 36.9 Å². The monoisotopic (exact) mass is 327 g/mol. The molecule has 1 aromatic rings. The van der Waals surface area contributed by atoms with E-state index in [1.807, 2.05) is 6.92 Å². The molecule has 2 N–H and O–H groups in total. The third kappa shape index (κ3) is 2.32. The topological polar surface area (TPSA) is 60.6 Å². The predicted molar refractivity (Wildman–Crippen MR) is 77.2 cm³/mol. The van der Waals surface area contributed by atoms with Crippen molar-refractivity contribution in [1.82, 2.24) is 4.98 Å². The Kier molecular flexibility index (Phi) is 3.41. The number of halogens is 1. The number of pyridine rings is 1. The van der Waals surface area contributed by atoms with Gasteiger partial charge in [-0.1, -0.05) is 0 Å². The van der Waals surface area contributed by atoms with Crippen LogP contribution in [0.5, 0.6) is 0 Å². The van der Waals surface area contributed by atoms with Crippen molar-refractivity contribution in [3.8, 4) is 0 Å². The number of hydrogen-bond acceptors (Lipinski definition) is 5. The van der Waals surface area contributed by atoms with Gasteiger partial charge in [-0.05, 0) is 28.4 Å². The van der Waals surface area contributed by atoms with Crippen molar-refractivity contribution in [2.45, 2.75) is 25.6 Å². The van der Waals surface area contributed by atoms with Crippen LogP contribution in [0, 0.1) is 6.92 Å². The molecule has 0 saturated carbocycles. The molecular weight excluding hydrogens is 310 g/mol. The van der Waals surface area contributed by atoms with E-state index in [2.05, 4.69) is 25.8 Å². The second-order valence-corrected chi connectivity index (χ2v) is 5.86. The van der Waals surface area contributed by atoms with Crippen molar-refractivity contribution in [1.29, 1.82) is 0 Å². The average molecular weight is 328 g/mol. The maximum atomic E-state index is 5.86. The summed E-state index contributed by atoms with van der Waals surface area (Å²) >= 11 is 3.59. The molecule has 0 radical (unpaired) electrons. The highest BCUT2D eigenvalue weighted by molar-refractivity contribution is 9.10. The van der Waals surface area contributed by atoms with Gasteiger partial charge in [0.25, 0.3) is 0 Å². The van der Waals surface area contributed by atoms with E-state index >= 15 is 0 Å². The molecule has 3 heterocycles. The van der Waals surface area contributed by atoms with Gasteiger partial charge in [0.1, 0.15) is 5.82 Å². The fourth-order valence-electron chi connectivity index (χ4n) is 2.64. The number of nitrogen functional groups attached to an aromatic ring is 1. The van der Waals surface area contributed by atoms with Crippen molar-refractivity contribution in [3.63, 3.8) is 0 Å². The van der Waals surface area contributed by atoms with E-state index in [9.17, 15) is 0 Å². The Balaban J connectivity index is 1.76. The van der Waals surface area contributed by atoms with Crippen LogP contribution in [0.1, 0.15) is 18.4 Å². The number of nitrogens with zero attached hydrogens (tertiary/aromatic N) is 2. The zero-order valence-corrected chi connectivity index (χ0v) is 12.6. The third-order valence-electron chi connectivity index (χ3n) is 3.92. The summed E-state index contributed by atoms with van der Waals surface area (Å²) in [6, 6.07) is 0. The molecule has 1 aromatic heterocycles. The number of nitrogens with two attached hydrogens (primary N) is 1. The van der Waals surface area contributed by atoms with Crippen LogP contribution in [0.2, 0.25) is 0 Å². The van der Waals surface area contributed by atoms with Crippen LogP contribution >= 0.6 is 15.9 Å². The summed E-state index contributed by atoms with van der Waals surface area (Å²) in [5, 5.41) is 0. The molecule has 19 heavy (non-hydrogen) atoms. The van der Waals surface area contributed by atoms with E-state index in [0.29, 0.717) is 18.9 Å². The molecule has 2 fully saturated rings. The standard InChI is InChI=1S/C13H18BrN3O2/c1-9-10(15)8-16-12(11(9)14)17-4-2-13(3-5-17)18-6-7-19-13/h8H,2-7,15H2,1H3. The molecule has 0 aliphatic carbocycles. The molecule has 0 amide bonds. The fourth-order valence-corrected chi connectivity index (χ4v) is 3.23. The Morgan fingerprint density at radius 2 is 1.95 bits per heavy atom. The Bertz CT molecular complexity index is 479. The molecule has 6 heteroatoms. The molecule has 5 nitrogen and oxygen atoms in total. The van der Waals surface area contributed by atoms with E-state index in [4.69, 9.17) is 15.2 Å². The van der Waals surface area contributed by atoms with E-state index < -0.39 is 0 Å². The lowest BCUT2D eigenvalue weighted by Gasteiger charge is -2.38. The number of anilines is 2. The van der Waals surface area contributed by atoms with Gasteiger partial charge >= 0.3 is 0 Å². The normalized spacial score (nSPS) is 22.1. The van der Waals surface area contributed by atoms with Gasteiger partial charge in [0.15, 0.2) is 5.79 Å². The fraction of sp³-hybridized carbons (Fsp3) is 0.615. The van der Waals surface area contributed by atoms with E-state index in [0.717, 1.165) is 41.8 Å². The van der Waals surface area contributed by atoms with Crippen LogP contribution in [-0.4, -0.2) is 37.1 Å². The highest BCUT2D eigenvalue weighted by Crippen LogP contribution is 2.36. The average Bonchev–Trinajstić information content (AvgIpc) is 2.86. The molecule has 0 atom stereocenters. The Hall–Kier alpha value is -0.850. The molecule has 2 aliphatic heterocycles. The number of ether oxygens (including phenoxy) is 2. The van der Waals surface area contributed by atoms with E-state index in [-0.39, 0.29) is 5.79 Å². The zero-order valence-electron chi connectivity index (χ0n) is 11.0. The number of piperidine rings is 1. The Labute approximate surface area is 121 Å². The molecule has 3 rings (SSSR count). The summed E-state index contributed by atoms with van der Waals surface area (Å²) in [4.78, 5) is 6.71. The van der Waals surface area contributed by atoms with Crippen LogP contribution in [-0.2, 0) is 9.47 Å². The number of hydrogen-bond donors (Lipinski definition) is 1. The van der Waals surface area contributed by atoms with Gasteiger partial charge in [0.05, 0.1) is 29.6 Å². The Morgan fingerprint density at radius 3 is 2.58 bits per heavy atom. The SMILES string of the molecule is Cc1c(N)cnc(N2CCC3(CC2)OCCO3)c1Br. The predicted octanol–water partition coefficient (Wildman–Crippen LogP) is 2.08. The molecule has 0 bridgehead atoms. The summed E-state index contributed by atoms with van der Waals surface area (Å²) in [5.74, 6) is 0.616. The summed E-state index contributed by atoms with van der Waals surface area (Å²) in [6.07, 6.45) is 3.48. The molecule has 1 spiro atoms. The summed E-state index contributed by atoms with van der Waals surface area (Å²) in [5.41, 5.74) is 7.62. The molecule has 0 unspecified atom stereocenters. The van der Waals surface area contributed by atoms with Crippen LogP contribution in [0.4, 0.5) is 11.5 Å². The number of aromatic nitrogens is 1. The molecule has 2 saturated heterocycles. The van der Waals surface area contributed by atoms with Crippen LogP contribution in [0.25, 0.3) is 0 Å². The maximum absolute atomic E-state index is 5.86. The first-order chi connectivity index (χ1) is 9.11. The van der Waals surface area contributed by atoms with Gasteiger partial charge in [0, 0.05) is 25.9 Å². The van der Waals surface area contributed by atoms with Gasteiger partial charge in [-0.2, -0.15) is 0 Å². The van der Waals surface area contributed by atoms with Crippen molar-refractivity contribution >= 4 is 27.4 Å². The lowest BCUT2D eigenvalue weighted by atomic mass is 10.0. The van der Waals surface area contributed by atoms with Gasteiger partial charge in [-0.3, -0.25) is 0 Å². The Morgan fingerprint density at radius 1 is 1.32 bits per heavy atom. The molecule has 0 aromatic carbocycles. The van der Waals surface area contributed by atoms with Gasteiger partial charge in [-0.15, -0.1) is 0 Å². The molecule has 2 aliphatic rings. The lowest BCUT2D eigenvalue weighted by Crippen LogP contribution is -2.45. The second-order valence-electron chi connectivity index (χ2n) is 5.07. The first-order valence-corrected chi connectivity index (χ1v) is 7.34. The van der Waals surface area contributed by atoms with Gasteiger partial charge in [0.2, 0.25) is 0 Å². The quantitative estimate of drug-likeness (QED) is 0.855. The van der Waals surface area contributed by atoms with Crippen LogP contribution in [0.15, 0.2) is 10.7 Å². The third-order valence-corrected chi connectivity index (χ3v) is 4.87. The smallest absolute Gasteiger partial charge is 0.171 e. The zero-order chi connectivity index (χ0) is 13.5. The largest absolute Gasteiger partial charge is 0.397 e. The van der Waals surface area contributed by atoms with Crippen LogP contribution < -0.4 is 10.6 Å². The van der Waals surface area contributed by atoms with E-state index in [1.54, 1.807) is 6.20 Å². The highest BCUT2D eigenvalue weighted by atomic mass is 79.9. The first-order valence-electron chi connectivity index (χ1n) is 6.55. The molecular formula is C13H18BrN3O2. The minimum absolute atomic E-state index is 0.341. The van der Waals surface area contributed by atoms with Crippen molar-refractivity contribution in [3.05, 3.63) is 16.2 Å². The lowest BCUT2D eigenvalue weighted by molar-refractivity contribution is -0.169. The number of rotatable bonds is 1. The van der Waals surface area contributed by atoms with Crippen LogP contribution in [0.3, 0.4) is 0 Å². The minimum Gasteiger partial charge on any atom is -0.397 e. The minimum atomic E-state index is -0.341. The molecule has 104 valence electrons.